The molecule has 2 aromatic heterocycles. The molecule has 4 rings (SSSR count). The summed E-state index contributed by atoms with van der Waals surface area (Å²) < 4.78 is 32.1. The van der Waals surface area contributed by atoms with Gasteiger partial charge >= 0.3 is 0 Å². The van der Waals surface area contributed by atoms with Gasteiger partial charge in [-0.25, -0.2) is 9.41 Å². The zero-order valence-electron chi connectivity index (χ0n) is 16.4. The molecule has 0 aliphatic rings. The minimum Gasteiger partial charge on any atom is -0.466 e. The van der Waals surface area contributed by atoms with E-state index in [4.69, 9.17) is 15.1 Å². The molecule has 0 saturated heterocycles. The van der Waals surface area contributed by atoms with E-state index in [-0.39, 0.29) is 5.56 Å². The van der Waals surface area contributed by atoms with Crippen LogP contribution in [0.1, 0.15) is 15.2 Å². The summed E-state index contributed by atoms with van der Waals surface area (Å²) in [4.78, 5) is 3.54. The van der Waals surface area contributed by atoms with Gasteiger partial charge in [0, 0.05) is 27.0 Å². The molecule has 0 spiro atoms. The fourth-order valence-electron chi connectivity index (χ4n) is 3.28. The first-order valence-electron chi connectivity index (χ1n) is 9.14. The van der Waals surface area contributed by atoms with Crippen molar-refractivity contribution >= 4 is 27.6 Å². The SMILES string of the molecule is [2H]C([2H])([2H])c1cc(C)c(-c2cccc[n+]2C)c2oc3c([N+]#[C-])cccc3c12. The summed E-state index contributed by atoms with van der Waals surface area (Å²) in [6.45, 7) is 7.02. The fourth-order valence-corrected chi connectivity index (χ4v) is 3.28. The van der Waals surface area contributed by atoms with Crippen molar-refractivity contribution in [2.24, 2.45) is 7.05 Å². The molecule has 4 aromatic rings. The Morgan fingerprint density at radius 1 is 1.12 bits per heavy atom. The first-order chi connectivity index (χ1) is 12.8. The second-order valence-electron chi connectivity index (χ2n) is 5.88. The second-order valence-corrected chi connectivity index (χ2v) is 5.88. The molecule has 0 aliphatic carbocycles. The van der Waals surface area contributed by atoms with Crippen LogP contribution in [0.2, 0.25) is 0 Å². The van der Waals surface area contributed by atoms with Crippen molar-refractivity contribution in [1.29, 1.82) is 0 Å². The maximum atomic E-state index is 8.01. The molecule has 24 heavy (non-hydrogen) atoms. The summed E-state index contributed by atoms with van der Waals surface area (Å²) in [5.41, 5.74) is 4.14. The number of nitrogens with zero attached hydrogens (tertiary/aromatic N) is 2. The highest BCUT2D eigenvalue weighted by Crippen LogP contribution is 2.41. The first kappa shape index (κ1) is 11.4. The Kier molecular flexibility index (Phi) is 2.48. The van der Waals surface area contributed by atoms with Crippen molar-refractivity contribution in [1.82, 2.24) is 0 Å². The van der Waals surface area contributed by atoms with Gasteiger partial charge < -0.3 is 4.42 Å². The average molecular weight is 316 g/mol. The predicted molar refractivity (Wildman–Crippen MR) is 96.1 cm³/mol. The van der Waals surface area contributed by atoms with Crippen LogP contribution in [0.3, 0.4) is 0 Å². The van der Waals surface area contributed by atoms with Crippen LogP contribution in [0.15, 0.2) is 53.1 Å². The third-order valence-electron chi connectivity index (χ3n) is 4.38. The molecule has 2 aromatic carbocycles. The normalized spacial score (nSPS) is 13.5. The lowest BCUT2D eigenvalue weighted by atomic mass is 9.97. The van der Waals surface area contributed by atoms with Gasteiger partial charge in [-0.2, -0.15) is 0 Å². The van der Waals surface area contributed by atoms with E-state index in [0.717, 1.165) is 16.8 Å². The number of furan rings is 1. The zero-order chi connectivity index (χ0) is 19.3. The predicted octanol–water partition coefficient (Wildman–Crippen LogP) is 5.25. The monoisotopic (exact) mass is 316 g/mol. The third kappa shape index (κ3) is 1.93. The van der Waals surface area contributed by atoms with E-state index in [1.807, 2.05) is 49.0 Å². The van der Waals surface area contributed by atoms with E-state index in [2.05, 4.69) is 4.85 Å². The number of para-hydroxylation sites is 1. The first-order valence-corrected chi connectivity index (χ1v) is 7.64. The number of aromatic nitrogens is 1. The Balaban J connectivity index is 2.27. The smallest absolute Gasteiger partial charge is 0.229 e. The van der Waals surface area contributed by atoms with Crippen LogP contribution in [0, 0.1) is 20.3 Å². The molecular weight excluding hydrogens is 296 g/mol. The summed E-state index contributed by atoms with van der Waals surface area (Å²) in [5.74, 6) is 0. The Morgan fingerprint density at radius 3 is 2.75 bits per heavy atom. The number of rotatable bonds is 1. The Bertz CT molecular complexity index is 1250. The molecule has 0 amide bonds. The highest BCUT2D eigenvalue weighted by atomic mass is 16.3. The van der Waals surface area contributed by atoms with Gasteiger partial charge in [0.2, 0.25) is 11.4 Å². The third-order valence-corrected chi connectivity index (χ3v) is 4.38. The number of hydrogen-bond acceptors (Lipinski definition) is 1. The Labute approximate surface area is 144 Å². The van der Waals surface area contributed by atoms with Crippen LogP contribution in [-0.4, -0.2) is 0 Å². The van der Waals surface area contributed by atoms with Crippen LogP contribution >= 0.6 is 0 Å². The maximum absolute atomic E-state index is 8.01. The number of pyridine rings is 1. The van der Waals surface area contributed by atoms with Gasteiger partial charge in [0.25, 0.3) is 0 Å². The van der Waals surface area contributed by atoms with Crippen LogP contribution in [0.5, 0.6) is 0 Å². The Hall–Kier alpha value is -3.12. The van der Waals surface area contributed by atoms with E-state index >= 15 is 0 Å². The van der Waals surface area contributed by atoms with Gasteiger partial charge in [-0.15, -0.1) is 0 Å². The fraction of sp³-hybridized carbons (Fsp3) is 0.143. The molecule has 116 valence electrons. The number of fused-ring (bicyclic) bond motifs is 3. The van der Waals surface area contributed by atoms with Crippen LogP contribution in [-0.2, 0) is 7.05 Å². The molecular formula is C21H17N2O+. The molecule has 0 radical (unpaired) electrons. The van der Waals surface area contributed by atoms with Crippen LogP contribution < -0.4 is 4.57 Å². The number of hydrogen-bond donors (Lipinski definition) is 0. The molecule has 0 unspecified atom stereocenters. The van der Waals surface area contributed by atoms with E-state index < -0.39 is 6.85 Å². The maximum Gasteiger partial charge on any atom is 0.229 e. The highest BCUT2D eigenvalue weighted by molar-refractivity contribution is 6.14. The molecule has 0 bridgehead atoms. The molecule has 0 aliphatic heterocycles. The van der Waals surface area contributed by atoms with Gasteiger partial charge in [-0.05, 0) is 31.0 Å². The van der Waals surface area contributed by atoms with Crippen molar-refractivity contribution in [2.45, 2.75) is 13.8 Å². The van der Waals surface area contributed by atoms with Gasteiger partial charge in [0.1, 0.15) is 18.2 Å². The lowest BCUT2D eigenvalue weighted by molar-refractivity contribution is -0.660. The lowest BCUT2D eigenvalue weighted by Crippen LogP contribution is -2.30. The average Bonchev–Trinajstić information content (AvgIpc) is 3.00. The highest BCUT2D eigenvalue weighted by Gasteiger charge is 2.22. The summed E-state index contributed by atoms with van der Waals surface area (Å²) >= 11 is 0. The zero-order valence-corrected chi connectivity index (χ0v) is 13.4. The largest absolute Gasteiger partial charge is 0.466 e. The molecule has 0 fully saturated rings. The van der Waals surface area contributed by atoms with Gasteiger partial charge in [-0.3, -0.25) is 0 Å². The molecule has 3 nitrogen and oxygen atoms in total. The van der Waals surface area contributed by atoms with E-state index in [1.165, 1.54) is 0 Å². The summed E-state index contributed by atoms with van der Waals surface area (Å²) in [6, 6.07) is 12.8. The topological polar surface area (TPSA) is 21.4 Å². The van der Waals surface area contributed by atoms with Crippen molar-refractivity contribution < 1.29 is 13.1 Å². The molecule has 2 heterocycles. The van der Waals surface area contributed by atoms with E-state index in [0.29, 0.717) is 27.6 Å². The minimum atomic E-state index is -2.29. The molecule has 0 saturated carbocycles. The summed E-state index contributed by atoms with van der Waals surface area (Å²) in [7, 11) is 1.94. The van der Waals surface area contributed by atoms with Crippen molar-refractivity contribution in [2.75, 3.05) is 0 Å². The van der Waals surface area contributed by atoms with Gasteiger partial charge in [0.05, 0.1) is 12.1 Å². The molecule has 0 atom stereocenters. The van der Waals surface area contributed by atoms with E-state index in [1.54, 1.807) is 18.2 Å². The minimum absolute atomic E-state index is 0.248. The number of aryl methyl sites for hydroxylation is 3. The number of benzene rings is 2. The van der Waals surface area contributed by atoms with Crippen molar-refractivity contribution in [3.8, 4) is 11.3 Å². The Morgan fingerprint density at radius 2 is 2.00 bits per heavy atom. The summed E-state index contributed by atoms with van der Waals surface area (Å²) in [5, 5.41) is 1.21. The second kappa shape index (κ2) is 5.21. The van der Waals surface area contributed by atoms with Crippen LogP contribution in [0.4, 0.5) is 5.69 Å². The van der Waals surface area contributed by atoms with Gasteiger partial charge in [0.15, 0.2) is 6.20 Å². The van der Waals surface area contributed by atoms with Crippen LogP contribution in [0.25, 0.3) is 38.0 Å². The van der Waals surface area contributed by atoms with Crippen molar-refractivity contribution in [3.63, 3.8) is 0 Å². The molecule has 0 N–H and O–H groups in total. The van der Waals surface area contributed by atoms with Gasteiger partial charge in [-0.1, -0.05) is 24.3 Å². The van der Waals surface area contributed by atoms with E-state index in [9.17, 15) is 0 Å². The lowest BCUT2D eigenvalue weighted by Gasteiger charge is -2.07. The van der Waals surface area contributed by atoms with Crippen molar-refractivity contribution in [3.05, 3.63) is 71.2 Å². The standard InChI is InChI=1S/C21H17N2O/c1-13-12-14(2)19(17-10-5-6-11-23(17)4)21-18(13)15-8-7-9-16(22-3)20(15)24-21/h5-12H,1-2,4H3/q+1/i1D3. The quantitative estimate of drug-likeness (QED) is 0.347. The summed E-state index contributed by atoms with van der Waals surface area (Å²) in [6.07, 6.45) is 1.94. The molecule has 3 heteroatoms.